The minimum Gasteiger partial charge on any atom is -0.362 e. The zero-order valence-electron chi connectivity index (χ0n) is 8.68. The predicted octanol–water partition coefficient (Wildman–Crippen LogP) is 3.16. The van der Waals surface area contributed by atoms with Gasteiger partial charge in [0.05, 0.1) is 5.69 Å². The molecule has 1 aromatic rings. The monoisotopic (exact) mass is 199 g/mol. The van der Waals surface area contributed by atoms with Crippen molar-refractivity contribution in [2.45, 2.75) is 33.4 Å². The maximum atomic E-state index is 5.28. The molecule has 3 heteroatoms. The molecule has 1 N–H and O–H groups in total. The number of ether oxygens (including phenoxy) is 1. The Morgan fingerprint density at radius 2 is 2.23 bits per heavy atom. The molecular formula is C10H17NOS. The topological polar surface area (TPSA) is 21.3 Å². The molecule has 1 heterocycles. The van der Waals surface area contributed by atoms with Crippen molar-refractivity contribution in [1.29, 1.82) is 0 Å². The molecule has 0 aliphatic carbocycles. The summed E-state index contributed by atoms with van der Waals surface area (Å²) in [5, 5.41) is 5.55. The molecule has 0 saturated heterocycles. The fourth-order valence-electron chi connectivity index (χ4n) is 1.28. The molecule has 0 radical (unpaired) electrons. The lowest BCUT2D eigenvalue weighted by Gasteiger charge is -2.16. The first kappa shape index (κ1) is 10.5. The Hall–Kier alpha value is -0.540. The molecular weight excluding hydrogens is 182 g/mol. The summed E-state index contributed by atoms with van der Waals surface area (Å²) in [5.74, 6) is 0. The van der Waals surface area contributed by atoms with Crippen molar-refractivity contribution >= 4 is 17.0 Å². The van der Waals surface area contributed by atoms with E-state index in [4.69, 9.17) is 4.74 Å². The number of hydrogen-bond acceptors (Lipinski definition) is 3. The third-order valence-electron chi connectivity index (χ3n) is 2.12. The molecule has 1 atom stereocenters. The quantitative estimate of drug-likeness (QED) is 0.752. The highest BCUT2D eigenvalue weighted by Gasteiger charge is 2.09. The Kier molecular flexibility index (Phi) is 3.75. The molecule has 0 bridgehead atoms. The van der Waals surface area contributed by atoms with Gasteiger partial charge in [-0.2, -0.15) is 0 Å². The van der Waals surface area contributed by atoms with Gasteiger partial charge in [-0.25, -0.2) is 0 Å². The van der Waals surface area contributed by atoms with Crippen LogP contribution < -0.4 is 5.32 Å². The highest BCUT2D eigenvalue weighted by atomic mass is 32.1. The lowest BCUT2D eigenvalue weighted by molar-refractivity contribution is 0.122. The molecule has 2 nitrogen and oxygen atoms in total. The molecule has 1 rings (SSSR count). The van der Waals surface area contributed by atoms with Gasteiger partial charge in [0.25, 0.3) is 0 Å². The van der Waals surface area contributed by atoms with E-state index >= 15 is 0 Å². The maximum Gasteiger partial charge on any atom is 0.127 e. The van der Waals surface area contributed by atoms with E-state index in [9.17, 15) is 0 Å². The van der Waals surface area contributed by atoms with Crippen molar-refractivity contribution in [2.24, 2.45) is 0 Å². The molecule has 0 fully saturated rings. The first-order valence-electron chi connectivity index (χ1n) is 4.53. The third-order valence-corrected chi connectivity index (χ3v) is 3.15. The molecule has 0 aliphatic rings. The van der Waals surface area contributed by atoms with Gasteiger partial charge in [0.2, 0.25) is 0 Å². The number of rotatable bonds is 4. The molecule has 0 saturated carbocycles. The van der Waals surface area contributed by atoms with Gasteiger partial charge in [-0.1, -0.05) is 6.92 Å². The van der Waals surface area contributed by atoms with Crippen LogP contribution in [0.4, 0.5) is 5.69 Å². The summed E-state index contributed by atoms with van der Waals surface area (Å²) in [5.41, 5.74) is 2.54. The maximum absolute atomic E-state index is 5.28. The van der Waals surface area contributed by atoms with Gasteiger partial charge in [0.15, 0.2) is 0 Å². The smallest absolute Gasteiger partial charge is 0.127 e. The van der Waals surface area contributed by atoms with Crippen LogP contribution in [0.2, 0.25) is 0 Å². The van der Waals surface area contributed by atoms with Crippen LogP contribution in [0.5, 0.6) is 0 Å². The van der Waals surface area contributed by atoms with E-state index in [1.165, 1.54) is 16.1 Å². The second-order valence-electron chi connectivity index (χ2n) is 3.13. The van der Waals surface area contributed by atoms with Crippen molar-refractivity contribution in [3.05, 3.63) is 15.8 Å². The fourth-order valence-corrected chi connectivity index (χ4v) is 2.09. The van der Waals surface area contributed by atoms with Crippen LogP contribution in [-0.2, 0) is 4.74 Å². The minimum absolute atomic E-state index is 0.131. The van der Waals surface area contributed by atoms with Crippen LogP contribution in [-0.4, -0.2) is 13.3 Å². The van der Waals surface area contributed by atoms with E-state index in [0.29, 0.717) is 0 Å². The van der Waals surface area contributed by atoms with Crippen LogP contribution in [0.3, 0.4) is 0 Å². The first-order chi connectivity index (χ1) is 6.19. The van der Waals surface area contributed by atoms with Gasteiger partial charge < -0.3 is 10.1 Å². The van der Waals surface area contributed by atoms with E-state index in [0.717, 1.165) is 6.42 Å². The summed E-state index contributed by atoms with van der Waals surface area (Å²) in [7, 11) is 1.73. The molecule has 13 heavy (non-hydrogen) atoms. The fraction of sp³-hybridized carbons (Fsp3) is 0.600. The highest BCUT2D eigenvalue weighted by Crippen LogP contribution is 2.27. The standard InChI is InChI=1S/C10H17NOS/c1-5-9(12-4)11-10-7(2)6-13-8(10)3/h6,9,11H,5H2,1-4H3. The number of anilines is 1. The van der Waals surface area contributed by atoms with Crippen LogP contribution in [0.15, 0.2) is 5.38 Å². The molecule has 0 aromatic carbocycles. The minimum atomic E-state index is 0.131. The lowest BCUT2D eigenvalue weighted by atomic mass is 10.2. The third kappa shape index (κ3) is 2.45. The van der Waals surface area contributed by atoms with Crippen molar-refractivity contribution in [2.75, 3.05) is 12.4 Å². The Morgan fingerprint density at radius 1 is 1.54 bits per heavy atom. The van der Waals surface area contributed by atoms with Gasteiger partial charge >= 0.3 is 0 Å². The molecule has 0 amide bonds. The molecule has 0 spiro atoms. The number of hydrogen-bond donors (Lipinski definition) is 1. The Balaban J connectivity index is 2.72. The van der Waals surface area contributed by atoms with Crippen LogP contribution in [0, 0.1) is 13.8 Å². The summed E-state index contributed by atoms with van der Waals surface area (Å²) in [6.07, 6.45) is 1.11. The highest BCUT2D eigenvalue weighted by molar-refractivity contribution is 7.10. The summed E-state index contributed by atoms with van der Waals surface area (Å²) in [6, 6.07) is 0. The van der Waals surface area contributed by atoms with Crippen LogP contribution in [0.25, 0.3) is 0 Å². The van der Waals surface area contributed by atoms with Crippen molar-refractivity contribution < 1.29 is 4.74 Å². The average molecular weight is 199 g/mol. The van der Waals surface area contributed by atoms with E-state index in [2.05, 4.69) is 31.5 Å². The second-order valence-corrected chi connectivity index (χ2v) is 4.21. The van der Waals surface area contributed by atoms with Crippen LogP contribution >= 0.6 is 11.3 Å². The Bertz CT molecular complexity index is 246. The number of nitrogens with one attached hydrogen (secondary N) is 1. The van der Waals surface area contributed by atoms with Gasteiger partial charge in [-0.15, -0.1) is 11.3 Å². The van der Waals surface area contributed by atoms with E-state index in [-0.39, 0.29) is 6.23 Å². The van der Waals surface area contributed by atoms with E-state index in [1.54, 1.807) is 18.4 Å². The Labute approximate surface area is 83.9 Å². The molecule has 1 aromatic heterocycles. The Morgan fingerprint density at radius 3 is 2.62 bits per heavy atom. The zero-order chi connectivity index (χ0) is 9.84. The van der Waals surface area contributed by atoms with Crippen molar-refractivity contribution in [3.8, 4) is 0 Å². The number of methoxy groups -OCH3 is 1. The van der Waals surface area contributed by atoms with Gasteiger partial charge in [0.1, 0.15) is 6.23 Å². The van der Waals surface area contributed by atoms with Gasteiger partial charge in [-0.3, -0.25) is 0 Å². The normalized spacial score (nSPS) is 12.9. The zero-order valence-corrected chi connectivity index (χ0v) is 9.49. The first-order valence-corrected chi connectivity index (χ1v) is 5.41. The number of aryl methyl sites for hydroxylation is 2. The number of thiophene rings is 1. The van der Waals surface area contributed by atoms with Gasteiger partial charge in [0, 0.05) is 12.0 Å². The largest absolute Gasteiger partial charge is 0.362 e. The average Bonchev–Trinajstić information content (AvgIpc) is 2.44. The molecule has 1 unspecified atom stereocenters. The van der Waals surface area contributed by atoms with Crippen LogP contribution in [0.1, 0.15) is 23.8 Å². The van der Waals surface area contributed by atoms with E-state index in [1.807, 2.05) is 0 Å². The van der Waals surface area contributed by atoms with E-state index < -0.39 is 0 Å². The summed E-state index contributed by atoms with van der Waals surface area (Å²) in [4.78, 5) is 1.33. The lowest BCUT2D eigenvalue weighted by Crippen LogP contribution is -2.20. The van der Waals surface area contributed by atoms with Crippen molar-refractivity contribution in [1.82, 2.24) is 0 Å². The van der Waals surface area contributed by atoms with Gasteiger partial charge in [-0.05, 0) is 31.2 Å². The molecule has 0 aliphatic heterocycles. The SMILES string of the molecule is CCC(Nc1c(C)csc1C)OC. The van der Waals surface area contributed by atoms with Crippen molar-refractivity contribution in [3.63, 3.8) is 0 Å². The predicted molar refractivity (Wildman–Crippen MR) is 58.5 cm³/mol. The summed E-state index contributed by atoms with van der Waals surface area (Å²) < 4.78 is 5.28. The molecule has 74 valence electrons. The summed E-state index contributed by atoms with van der Waals surface area (Å²) in [6.45, 7) is 6.36. The summed E-state index contributed by atoms with van der Waals surface area (Å²) >= 11 is 1.78. The second kappa shape index (κ2) is 4.63.